The van der Waals surface area contributed by atoms with E-state index in [4.69, 9.17) is 5.26 Å². The molecule has 1 amide bonds. The predicted molar refractivity (Wildman–Crippen MR) is 91.8 cm³/mol. The molecule has 1 fully saturated rings. The number of carbonyl (C=O) groups is 1. The highest BCUT2D eigenvalue weighted by molar-refractivity contribution is 7.14. The second kappa shape index (κ2) is 7.11. The van der Waals surface area contributed by atoms with Gasteiger partial charge >= 0.3 is 0 Å². The summed E-state index contributed by atoms with van der Waals surface area (Å²) in [4.78, 5) is 18.8. The van der Waals surface area contributed by atoms with Crippen molar-refractivity contribution in [3.63, 3.8) is 0 Å². The first-order valence-electron chi connectivity index (χ1n) is 7.96. The number of nitrogens with zero attached hydrogens (tertiary/aromatic N) is 5. The van der Waals surface area contributed by atoms with E-state index in [1.165, 1.54) is 11.3 Å². The summed E-state index contributed by atoms with van der Waals surface area (Å²) in [6.07, 6.45) is 2.13. The Morgan fingerprint density at radius 2 is 2.38 bits per heavy atom. The average Bonchev–Trinajstić information content (AvgIpc) is 3.22. The van der Waals surface area contributed by atoms with Crippen LogP contribution in [0.15, 0.2) is 11.4 Å². The second-order valence-corrected chi connectivity index (χ2v) is 6.89. The SMILES string of the molecule is Cc1nc(C)n(C[C@@H]2CCCN2CC(=O)Nc2sccc2C#N)n1. The van der Waals surface area contributed by atoms with Gasteiger partial charge in [-0.25, -0.2) is 9.67 Å². The predicted octanol–water partition coefficient (Wildman–Crippen LogP) is 1.93. The molecule has 1 aliphatic heterocycles. The molecule has 0 spiro atoms. The first-order valence-corrected chi connectivity index (χ1v) is 8.84. The Morgan fingerprint density at radius 1 is 1.54 bits per heavy atom. The molecule has 1 aliphatic rings. The molecule has 8 heteroatoms. The van der Waals surface area contributed by atoms with Gasteiger partial charge in [0.25, 0.3) is 0 Å². The Hall–Kier alpha value is -2.24. The van der Waals surface area contributed by atoms with E-state index in [2.05, 4.69) is 26.4 Å². The summed E-state index contributed by atoms with van der Waals surface area (Å²) in [6.45, 7) is 5.83. The number of nitriles is 1. The molecule has 24 heavy (non-hydrogen) atoms. The number of hydrogen-bond donors (Lipinski definition) is 1. The van der Waals surface area contributed by atoms with E-state index >= 15 is 0 Å². The maximum atomic E-state index is 12.3. The average molecular weight is 344 g/mol. The van der Waals surface area contributed by atoms with Gasteiger partial charge in [-0.2, -0.15) is 10.4 Å². The molecule has 0 bridgehead atoms. The van der Waals surface area contributed by atoms with Crippen molar-refractivity contribution in [2.24, 2.45) is 0 Å². The van der Waals surface area contributed by atoms with Gasteiger partial charge in [-0.1, -0.05) is 0 Å². The van der Waals surface area contributed by atoms with Crippen LogP contribution in [0.25, 0.3) is 0 Å². The van der Waals surface area contributed by atoms with Crippen LogP contribution in [0.2, 0.25) is 0 Å². The van der Waals surface area contributed by atoms with Crippen LogP contribution in [0, 0.1) is 25.2 Å². The van der Waals surface area contributed by atoms with Crippen LogP contribution in [-0.4, -0.2) is 44.7 Å². The first kappa shape index (κ1) is 16.6. The molecular formula is C16H20N6OS. The van der Waals surface area contributed by atoms with Crippen molar-refractivity contribution in [2.75, 3.05) is 18.4 Å². The molecule has 0 aliphatic carbocycles. The number of nitrogens with one attached hydrogen (secondary N) is 1. The third-order valence-corrected chi connectivity index (χ3v) is 5.06. The van der Waals surface area contributed by atoms with Crippen LogP contribution in [0.5, 0.6) is 0 Å². The lowest BCUT2D eigenvalue weighted by molar-refractivity contribution is -0.117. The highest BCUT2D eigenvalue weighted by Gasteiger charge is 2.27. The van der Waals surface area contributed by atoms with Gasteiger partial charge in [-0.15, -0.1) is 11.3 Å². The molecule has 2 aromatic heterocycles. The Labute approximate surface area is 144 Å². The molecule has 3 rings (SSSR count). The number of amides is 1. The molecule has 0 saturated carbocycles. The number of thiophene rings is 1. The monoisotopic (exact) mass is 344 g/mol. The van der Waals surface area contributed by atoms with Crippen molar-refractivity contribution < 1.29 is 4.79 Å². The maximum absolute atomic E-state index is 12.3. The third kappa shape index (κ3) is 3.63. The zero-order chi connectivity index (χ0) is 17.1. The quantitative estimate of drug-likeness (QED) is 0.895. The number of carbonyl (C=O) groups excluding carboxylic acids is 1. The number of anilines is 1. The second-order valence-electron chi connectivity index (χ2n) is 5.98. The van der Waals surface area contributed by atoms with E-state index in [9.17, 15) is 4.79 Å². The number of aryl methyl sites for hydroxylation is 2. The van der Waals surface area contributed by atoms with Gasteiger partial charge in [0.15, 0.2) is 0 Å². The summed E-state index contributed by atoms with van der Waals surface area (Å²) in [5.41, 5.74) is 0.514. The van der Waals surface area contributed by atoms with Gasteiger partial charge in [0.2, 0.25) is 5.91 Å². The molecule has 1 N–H and O–H groups in total. The van der Waals surface area contributed by atoms with Crippen LogP contribution in [0.1, 0.15) is 30.1 Å². The Balaban J connectivity index is 1.60. The molecular weight excluding hydrogens is 324 g/mol. The Bertz CT molecular complexity index is 774. The summed E-state index contributed by atoms with van der Waals surface area (Å²) < 4.78 is 1.92. The minimum absolute atomic E-state index is 0.0765. The number of aromatic nitrogens is 3. The zero-order valence-corrected chi connectivity index (χ0v) is 14.6. The number of hydrogen-bond acceptors (Lipinski definition) is 6. The van der Waals surface area contributed by atoms with Gasteiger partial charge in [0, 0.05) is 6.04 Å². The normalized spacial score (nSPS) is 17.8. The number of likely N-dealkylation sites (tertiary alicyclic amines) is 1. The molecule has 1 atom stereocenters. The zero-order valence-electron chi connectivity index (χ0n) is 13.8. The molecule has 1 saturated heterocycles. The molecule has 126 valence electrons. The lowest BCUT2D eigenvalue weighted by Gasteiger charge is -2.23. The number of rotatable bonds is 5. The van der Waals surface area contributed by atoms with Crippen LogP contribution in [-0.2, 0) is 11.3 Å². The van der Waals surface area contributed by atoms with Crippen molar-refractivity contribution in [1.29, 1.82) is 5.26 Å². The van der Waals surface area contributed by atoms with Crippen molar-refractivity contribution >= 4 is 22.2 Å². The van der Waals surface area contributed by atoms with E-state index in [1.54, 1.807) is 6.07 Å². The molecule has 0 aromatic carbocycles. The summed E-state index contributed by atoms with van der Waals surface area (Å²) in [5.74, 6) is 1.60. The van der Waals surface area contributed by atoms with Crippen LogP contribution < -0.4 is 5.32 Å². The molecule has 3 heterocycles. The van der Waals surface area contributed by atoms with Crippen molar-refractivity contribution in [3.8, 4) is 6.07 Å². The largest absolute Gasteiger partial charge is 0.315 e. The summed E-state index contributed by atoms with van der Waals surface area (Å²) in [7, 11) is 0. The van der Waals surface area contributed by atoms with E-state index in [0.717, 1.165) is 37.6 Å². The Kier molecular flexibility index (Phi) is 4.92. The van der Waals surface area contributed by atoms with Gasteiger partial charge in [0.1, 0.15) is 22.7 Å². The van der Waals surface area contributed by atoms with Crippen LogP contribution >= 0.6 is 11.3 Å². The fraction of sp³-hybridized carbons (Fsp3) is 0.500. The van der Waals surface area contributed by atoms with E-state index < -0.39 is 0 Å². The third-order valence-electron chi connectivity index (χ3n) is 4.23. The van der Waals surface area contributed by atoms with Crippen molar-refractivity contribution in [2.45, 2.75) is 39.3 Å². The molecule has 0 radical (unpaired) electrons. The summed E-state index contributed by atoms with van der Waals surface area (Å²) >= 11 is 1.37. The van der Waals surface area contributed by atoms with Gasteiger partial charge in [-0.3, -0.25) is 9.69 Å². The summed E-state index contributed by atoms with van der Waals surface area (Å²) in [5, 5.41) is 18.7. The van der Waals surface area contributed by atoms with Crippen LogP contribution in [0.4, 0.5) is 5.00 Å². The topological polar surface area (TPSA) is 86.8 Å². The fourth-order valence-corrected chi connectivity index (χ4v) is 3.84. The van der Waals surface area contributed by atoms with Gasteiger partial charge in [0.05, 0.1) is 18.7 Å². The highest BCUT2D eigenvalue weighted by Crippen LogP contribution is 2.23. The molecule has 7 nitrogen and oxygen atoms in total. The van der Waals surface area contributed by atoms with Crippen molar-refractivity contribution in [1.82, 2.24) is 19.7 Å². The highest BCUT2D eigenvalue weighted by atomic mass is 32.1. The van der Waals surface area contributed by atoms with E-state index in [-0.39, 0.29) is 11.9 Å². The van der Waals surface area contributed by atoms with E-state index in [0.29, 0.717) is 17.1 Å². The lowest BCUT2D eigenvalue weighted by atomic mass is 10.2. The van der Waals surface area contributed by atoms with Crippen molar-refractivity contribution in [3.05, 3.63) is 28.7 Å². The summed E-state index contributed by atoms with van der Waals surface area (Å²) in [6, 6.07) is 4.09. The standard InChI is InChI=1S/C16H20N6OS/c1-11-18-12(2)22(20-11)9-14-4-3-6-21(14)10-15(23)19-16-13(8-17)5-7-24-16/h5,7,14H,3-4,6,9-10H2,1-2H3,(H,19,23)/t14-/m0/s1. The molecule has 0 unspecified atom stereocenters. The Morgan fingerprint density at radius 3 is 3.08 bits per heavy atom. The first-order chi connectivity index (χ1) is 11.6. The maximum Gasteiger partial charge on any atom is 0.239 e. The lowest BCUT2D eigenvalue weighted by Crippen LogP contribution is -2.39. The van der Waals surface area contributed by atoms with Gasteiger partial charge in [-0.05, 0) is 44.7 Å². The minimum atomic E-state index is -0.0765. The van der Waals surface area contributed by atoms with Crippen LogP contribution in [0.3, 0.4) is 0 Å². The molecule has 2 aromatic rings. The van der Waals surface area contributed by atoms with Gasteiger partial charge < -0.3 is 5.32 Å². The van der Waals surface area contributed by atoms with E-state index in [1.807, 2.05) is 23.9 Å². The minimum Gasteiger partial charge on any atom is -0.315 e. The fourth-order valence-electron chi connectivity index (χ4n) is 3.09. The smallest absolute Gasteiger partial charge is 0.239 e.